The summed E-state index contributed by atoms with van der Waals surface area (Å²) in [7, 11) is 0. The van der Waals surface area contributed by atoms with E-state index in [4.69, 9.17) is 5.11 Å². The van der Waals surface area contributed by atoms with Crippen LogP contribution in [0.1, 0.15) is 12.8 Å². The van der Waals surface area contributed by atoms with Gasteiger partial charge in [0.25, 0.3) is 0 Å². The second-order valence-corrected chi connectivity index (χ2v) is 4.59. The van der Waals surface area contributed by atoms with E-state index in [0.717, 1.165) is 23.9 Å². The van der Waals surface area contributed by atoms with Crippen molar-refractivity contribution in [3.05, 3.63) is 12.4 Å². The van der Waals surface area contributed by atoms with Crippen molar-refractivity contribution in [3.8, 4) is 0 Å². The molecule has 2 heterocycles. The smallest absolute Gasteiger partial charge is 0.313 e. The van der Waals surface area contributed by atoms with Gasteiger partial charge in [0.1, 0.15) is 17.2 Å². The average molecular weight is 239 g/mol. The lowest BCUT2D eigenvalue weighted by Gasteiger charge is -2.15. The number of hydrogen-bond acceptors (Lipinski definition) is 5. The Morgan fingerprint density at radius 2 is 2.19 bits per heavy atom. The summed E-state index contributed by atoms with van der Waals surface area (Å²) in [5, 5.41) is 9.30. The lowest BCUT2D eigenvalue weighted by atomic mass is 10.4. The summed E-state index contributed by atoms with van der Waals surface area (Å²) in [5.41, 5.74) is 0. The Bertz CT molecular complexity index is 380. The molecule has 1 aliphatic heterocycles. The van der Waals surface area contributed by atoms with Gasteiger partial charge in [-0.1, -0.05) is 11.8 Å². The third-order valence-corrected chi connectivity index (χ3v) is 3.31. The Balaban J connectivity index is 2.03. The summed E-state index contributed by atoms with van der Waals surface area (Å²) in [4.78, 5) is 20.9. The molecule has 1 N–H and O–H groups in total. The fourth-order valence-corrected chi connectivity index (χ4v) is 2.25. The maximum absolute atomic E-state index is 10.4. The maximum Gasteiger partial charge on any atom is 0.313 e. The molecular formula is C10H13N3O2S. The highest BCUT2D eigenvalue weighted by atomic mass is 32.2. The molecule has 0 atom stereocenters. The van der Waals surface area contributed by atoms with Crippen molar-refractivity contribution in [3.63, 3.8) is 0 Å². The Kier molecular flexibility index (Phi) is 3.61. The van der Waals surface area contributed by atoms with Gasteiger partial charge in [0.15, 0.2) is 0 Å². The minimum absolute atomic E-state index is 0.0381. The molecule has 0 spiro atoms. The van der Waals surface area contributed by atoms with E-state index in [1.54, 1.807) is 0 Å². The molecule has 1 aliphatic rings. The van der Waals surface area contributed by atoms with Crippen LogP contribution in [-0.4, -0.2) is 39.9 Å². The van der Waals surface area contributed by atoms with E-state index in [9.17, 15) is 4.79 Å². The first-order valence-corrected chi connectivity index (χ1v) is 6.16. The van der Waals surface area contributed by atoms with E-state index in [0.29, 0.717) is 0 Å². The lowest BCUT2D eigenvalue weighted by Crippen LogP contribution is -2.19. The highest BCUT2D eigenvalue weighted by Crippen LogP contribution is 2.22. The van der Waals surface area contributed by atoms with E-state index in [2.05, 4.69) is 14.9 Å². The Labute approximate surface area is 97.9 Å². The van der Waals surface area contributed by atoms with Crippen LogP contribution in [0.25, 0.3) is 0 Å². The van der Waals surface area contributed by atoms with Gasteiger partial charge in [0.2, 0.25) is 0 Å². The molecule has 1 saturated heterocycles. The Hall–Kier alpha value is -1.30. The minimum atomic E-state index is -0.827. The van der Waals surface area contributed by atoms with Crippen LogP contribution in [0.2, 0.25) is 0 Å². The van der Waals surface area contributed by atoms with Crippen molar-refractivity contribution in [2.75, 3.05) is 23.7 Å². The van der Waals surface area contributed by atoms with Crippen LogP contribution in [-0.2, 0) is 4.79 Å². The number of nitrogens with zero attached hydrogens (tertiary/aromatic N) is 3. The molecule has 1 aromatic heterocycles. The topological polar surface area (TPSA) is 66.3 Å². The van der Waals surface area contributed by atoms with Crippen molar-refractivity contribution in [1.82, 2.24) is 9.97 Å². The normalized spacial score (nSPS) is 15.4. The molecular weight excluding hydrogens is 226 g/mol. The second-order valence-electron chi connectivity index (χ2n) is 3.59. The third-order valence-electron chi connectivity index (χ3n) is 2.40. The summed E-state index contributed by atoms with van der Waals surface area (Å²) in [6, 6.07) is 1.86. The van der Waals surface area contributed by atoms with Crippen molar-refractivity contribution in [2.24, 2.45) is 0 Å². The highest BCUT2D eigenvalue weighted by Gasteiger charge is 2.14. The van der Waals surface area contributed by atoms with Gasteiger partial charge in [-0.2, -0.15) is 0 Å². The molecule has 6 heteroatoms. The van der Waals surface area contributed by atoms with Crippen LogP contribution >= 0.6 is 11.8 Å². The lowest BCUT2D eigenvalue weighted by molar-refractivity contribution is -0.133. The van der Waals surface area contributed by atoms with Gasteiger partial charge in [0.05, 0.1) is 5.75 Å². The number of aliphatic carboxylic acids is 1. The number of thioether (sulfide) groups is 1. The Morgan fingerprint density at radius 3 is 2.88 bits per heavy atom. The second kappa shape index (κ2) is 5.16. The summed E-state index contributed by atoms with van der Waals surface area (Å²) in [5.74, 6) is 0.114. The molecule has 0 amide bonds. The van der Waals surface area contributed by atoms with Crippen molar-refractivity contribution >= 4 is 23.5 Å². The van der Waals surface area contributed by atoms with Crippen LogP contribution in [0.5, 0.6) is 0 Å². The van der Waals surface area contributed by atoms with Gasteiger partial charge in [-0.3, -0.25) is 4.79 Å². The fraction of sp³-hybridized carbons (Fsp3) is 0.500. The van der Waals surface area contributed by atoms with Crippen molar-refractivity contribution in [1.29, 1.82) is 0 Å². The van der Waals surface area contributed by atoms with Gasteiger partial charge < -0.3 is 10.0 Å². The van der Waals surface area contributed by atoms with Crippen LogP contribution < -0.4 is 4.90 Å². The quantitative estimate of drug-likeness (QED) is 0.630. The molecule has 0 bridgehead atoms. The number of carboxylic acids is 1. The van der Waals surface area contributed by atoms with Gasteiger partial charge in [-0.05, 0) is 12.8 Å². The first kappa shape index (κ1) is 11.2. The van der Waals surface area contributed by atoms with Crippen LogP contribution in [0.4, 0.5) is 5.82 Å². The summed E-state index contributed by atoms with van der Waals surface area (Å²) < 4.78 is 0. The van der Waals surface area contributed by atoms with E-state index in [1.165, 1.54) is 30.9 Å². The predicted octanol–water partition coefficient (Wildman–Crippen LogP) is 1.25. The number of aromatic nitrogens is 2. The largest absolute Gasteiger partial charge is 0.481 e. The molecule has 2 rings (SSSR count). The number of rotatable bonds is 4. The molecule has 0 aliphatic carbocycles. The van der Waals surface area contributed by atoms with Crippen LogP contribution in [0, 0.1) is 0 Å². The van der Waals surface area contributed by atoms with Crippen LogP contribution in [0.3, 0.4) is 0 Å². The summed E-state index contributed by atoms with van der Waals surface area (Å²) >= 11 is 1.22. The average Bonchev–Trinajstić information content (AvgIpc) is 2.80. The zero-order valence-corrected chi connectivity index (χ0v) is 9.61. The molecule has 0 unspecified atom stereocenters. The van der Waals surface area contributed by atoms with Crippen molar-refractivity contribution in [2.45, 2.75) is 17.9 Å². The van der Waals surface area contributed by atoms with Gasteiger partial charge in [-0.25, -0.2) is 9.97 Å². The molecule has 16 heavy (non-hydrogen) atoms. The van der Waals surface area contributed by atoms with E-state index < -0.39 is 5.97 Å². The molecule has 86 valence electrons. The predicted molar refractivity (Wildman–Crippen MR) is 61.8 cm³/mol. The number of carbonyl (C=O) groups is 1. The first-order valence-electron chi connectivity index (χ1n) is 5.17. The maximum atomic E-state index is 10.4. The van der Waals surface area contributed by atoms with Gasteiger partial charge >= 0.3 is 5.97 Å². The van der Waals surface area contributed by atoms with E-state index in [-0.39, 0.29) is 5.75 Å². The zero-order valence-electron chi connectivity index (χ0n) is 8.80. The molecule has 0 radical (unpaired) electrons. The molecule has 1 fully saturated rings. The monoisotopic (exact) mass is 239 g/mol. The first-order chi connectivity index (χ1) is 7.75. The van der Waals surface area contributed by atoms with E-state index >= 15 is 0 Å². The summed E-state index contributed by atoms with van der Waals surface area (Å²) in [6.07, 6.45) is 3.89. The van der Waals surface area contributed by atoms with Gasteiger partial charge in [-0.15, -0.1) is 0 Å². The van der Waals surface area contributed by atoms with Gasteiger partial charge in [0, 0.05) is 19.2 Å². The molecule has 0 aromatic carbocycles. The third kappa shape index (κ3) is 2.85. The van der Waals surface area contributed by atoms with Crippen molar-refractivity contribution < 1.29 is 9.90 Å². The van der Waals surface area contributed by atoms with Crippen LogP contribution in [0.15, 0.2) is 17.4 Å². The summed E-state index contributed by atoms with van der Waals surface area (Å²) in [6.45, 7) is 2.06. The number of anilines is 1. The fourth-order valence-electron chi connectivity index (χ4n) is 1.66. The molecule has 1 aromatic rings. The number of hydrogen-bond donors (Lipinski definition) is 1. The zero-order chi connectivity index (χ0) is 11.4. The Morgan fingerprint density at radius 1 is 1.44 bits per heavy atom. The molecule has 0 saturated carbocycles. The standard InChI is InChI=1S/C10H13N3O2S/c14-10(15)6-16-9-5-8(11-7-12-9)13-3-1-2-4-13/h5,7H,1-4,6H2,(H,14,15). The minimum Gasteiger partial charge on any atom is -0.481 e. The SMILES string of the molecule is O=C(O)CSc1cc(N2CCCC2)ncn1. The molecule has 5 nitrogen and oxygen atoms in total. The highest BCUT2D eigenvalue weighted by molar-refractivity contribution is 7.99. The van der Waals surface area contributed by atoms with E-state index in [1.807, 2.05) is 6.07 Å². The number of carboxylic acid groups (broad SMARTS) is 1.